The molecule has 0 unspecified atom stereocenters. The molecular formula is C22H20O8. The zero-order chi connectivity index (χ0) is 22.1. The van der Waals surface area contributed by atoms with E-state index in [1.54, 1.807) is 0 Å². The first-order chi connectivity index (χ1) is 14.2. The first-order valence-electron chi connectivity index (χ1n) is 9.41. The fraction of sp³-hybridized carbons (Fsp3) is 0.273. The Morgan fingerprint density at radius 1 is 0.600 bits per heavy atom. The van der Waals surface area contributed by atoms with Gasteiger partial charge in [0.15, 0.2) is 0 Å². The van der Waals surface area contributed by atoms with Gasteiger partial charge < -0.3 is 20.4 Å². The third-order valence-electron chi connectivity index (χ3n) is 5.76. The third-order valence-corrected chi connectivity index (χ3v) is 5.76. The van der Waals surface area contributed by atoms with Gasteiger partial charge in [-0.2, -0.15) is 0 Å². The van der Waals surface area contributed by atoms with Crippen molar-refractivity contribution in [3.8, 4) is 0 Å². The van der Waals surface area contributed by atoms with Crippen LogP contribution in [-0.2, 0) is 5.41 Å². The van der Waals surface area contributed by atoms with Crippen LogP contribution in [0.25, 0.3) is 0 Å². The van der Waals surface area contributed by atoms with Crippen LogP contribution in [0, 0.1) is 0 Å². The molecule has 0 spiro atoms. The van der Waals surface area contributed by atoms with Crippen LogP contribution < -0.4 is 0 Å². The zero-order valence-corrected chi connectivity index (χ0v) is 15.9. The summed E-state index contributed by atoms with van der Waals surface area (Å²) in [7, 11) is 0. The highest BCUT2D eigenvalue weighted by Crippen LogP contribution is 2.48. The number of aromatic carboxylic acids is 4. The van der Waals surface area contributed by atoms with Crippen molar-refractivity contribution in [3.63, 3.8) is 0 Å². The highest BCUT2D eigenvalue weighted by Gasteiger charge is 2.43. The molecule has 0 aromatic heterocycles. The Morgan fingerprint density at radius 3 is 1.33 bits per heavy atom. The third kappa shape index (κ3) is 3.41. The SMILES string of the molecule is O=C(O)c1cccc(C2(c3cccc(C(=O)O)c3C(=O)O)CCCCC2)c1C(=O)O. The number of carboxylic acid groups (broad SMARTS) is 4. The molecule has 1 fully saturated rings. The van der Waals surface area contributed by atoms with Crippen LogP contribution in [0.5, 0.6) is 0 Å². The average molecular weight is 412 g/mol. The summed E-state index contributed by atoms with van der Waals surface area (Å²) in [5.74, 6) is -5.67. The summed E-state index contributed by atoms with van der Waals surface area (Å²) >= 11 is 0. The van der Waals surface area contributed by atoms with Gasteiger partial charge in [-0.05, 0) is 36.1 Å². The molecule has 1 aliphatic carbocycles. The van der Waals surface area contributed by atoms with E-state index in [1.165, 1.54) is 36.4 Å². The van der Waals surface area contributed by atoms with E-state index in [0.717, 1.165) is 6.42 Å². The Balaban J connectivity index is 2.44. The molecule has 0 radical (unpaired) electrons. The number of hydrogen-bond acceptors (Lipinski definition) is 4. The molecule has 30 heavy (non-hydrogen) atoms. The van der Waals surface area contributed by atoms with E-state index in [-0.39, 0.29) is 11.1 Å². The molecule has 0 atom stereocenters. The minimum Gasteiger partial charge on any atom is -0.478 e. The second kappa shape index (κ2) is 7.98. The lowest BCUT2D eigenvalue weighted by Gasteiger charge is -2.40. The fourth-order valence-corrected chi connectivity index (χ4v) is 4.56. The Bertz CT molecular complexity index is 970. The predicted molar refractivity (Wildman–Crippen MR) is 105 cm³/mol. The van der Waals surface area contributed by atoms with Crippen LogP contribution in [0.3, 0.4) is 0 Å². The lowest BCUT2D eigenvalue weighted by Crippen LogP contribution is -2.35. The van der Waals surface area contributed by atoms with E-state index < -0.39 is 51.5 Å². The Labute approximate surface area is 171 Å². The van der Waals surface area contributed by atoms with Gasteiger partial charge in [-0.3, -0.25) is 0 Å². The van der Waals surface area contributed by atoms with E-state index in [4.69, 9.17) is 0 Å². The van der Waals surface area contributed by atoms with E-state index in [1.807, 2.05) is 0 Å². The number of rotatable bonds is 6. The van der Waals surface area contributed by atoms with Crippen LogP contribution in [0.2, 0.25) is 0 Å². The first kappa shape index (κ1) is 21.0. The summed E-state index contributed by atoms with van der Waals surface area (Å²) in [5.41, 5.74) is -2.32. The Morgan fingerprint density at radius 2 is 1.00 bits per heavy atom. The number of benzene rings is 2. The van der Waals surface area contributed by atoms with Gasteiger partial charge >= 0.3 is 23.9 Å². The molecule has 2 aromatic rings. The van der Waals surface area contributed by atoms with Gasteiger partial charge in [0, 0.05) is 5.41 Å². The van der Waals surface area contributed by atoms with Crippen molar-refractivity contribution < 1.29 is 39.6 Å². The molecule has 0 bridgehead atoms. The summed E-state index contributed by atoms with van der Waals surface area (Å²) in [4.78, 5) is 47.5. The standard InChI is InChI=1S/C22H20O8/c23-18(24)12-6-4-8-14(16(12)20(27)28)22(10-2-1-3-11-22)15-9-5-7-13(19(25)26)17(15)21(29)30/h4-9H,1-3,10-11H2,(H,23,24)(H,25,26)(H,27,28)(H,29,30). The van der Waals surface area contributed by atoms with Crippen LogP contribution in [0.4, 0.5) is 0 Å². The minimum atomic E-state index is -1.43. The summed E-state index contributed by atoms with van der Waals surface area (Å²) < 4.78 is 0. The van der Waals surface area contributed by atoms with E-state index in [2.05, 4.69) is 0 Å². The van der Waals surface area contributed by atoms with Crippen molar-refractivity contribution >= 4 is 23.9 Å². The van der Waals surface area contributed by atoms with Crippen molar-refractivity contribution in [1.82, 2.24) is 0 Å². The number of hydrogen-bond donors (Lipinski definition) is 4. The molecule has 3 rings (SSSR count). The molecule has 8 nitrogen and oxygen atoms in total. The van der Waals surface area contributed by atoms with E-state index in [9.17, 15) is 39.6 Å². The van der Waals surface area contributed by atoms with E-state index in [0.29, 0.717) is 25.7 Å². The van der Waals surface area contributed by atoms with Gasteiger partial charge in [0.1, 0.15) is 0 Å². The Hall–Kier alpha value is -3.68. The smallest absolute Gasteiger partial charge is 0.336 e. The van der Waals surface area contributed by atoms with Gasteiger partial charge in [0.2, 0.25) is 0 Å². The maximum Gasteiger partial charge on any atom is 0.336 e. The summed E-state index contributed by atoms with van der Waals surface area (Å²) in [6.07, 6.45) is 2.92. The van der Waals surface area contributed by atoms with Gasteiger partial charge in [-0.1, -0.05) is 43.5 Å². The molecule has 1 aliphatic rings. The average Bonchev–Trinajstić information content (AvgIpc) is 2.72. The molecule has 0 amide bonds. The lowest BCUT2D eigenvalue weighted by molar-refractivity contribution is 0.0645. The highest BCUT2D eigenvalue weighted by atomic mass is 16.4. The molecular weight excluding hydrogens is 392 g/mol. The summed E-state index contributed by atoms with van der Waals surface area (Å²) in [6.45, 7) is 0. The maximum absolute atomic E-state index is 12.1. The topological polar surface area (TPSA) is 149 Å². The molecule has 4 N–H and O–H groups in total. The summed E-state index contributed by atoms with van der Waals surface area (Å²) in [6, 6.07) is 8.25. The molecule has 8 heteroatoms. The maximum atomic E-state index is 12.1. The van der Waals surface area contributed by atoms with Crippen molar-refractivity contribution in [2.24, 2.45) is 0 Å². The first-order valence-corrected chi connectivity index (χ1v) is 9.41. The lowest BCUT2D eigenvalue weighted by atomic mass is 9.62. The minimum absolute atomic E-state index is 0.194. The van der Waals surface area contributed by atoms with Crippen molar-refractivity contribution in [1.29, 1.82) is 0 Å². The van der Waals surface area contributed by atoms with Crippen molar-refractivity contribution in [2.45, 2.75) is 37.5 Å². The predicted octanol–water partition coefficient (Wildman–Crippen LogP) is 3.73. The van der Waals surface area contributed by atoms with Gasteiger partial charge in [0.25, 0.3) is 0 Å². The Kier molecular flexibility index (Phi) is 5.60. The zero-order valence-electron chi connectivity index (χ0n) is 15.9. The number of carbonyl (C=O) groups is 4. The molecule has 1 saturated carbocycles. The van der Waals surface area contributed by atoms with Crippen LogP contribution >= 0.6 is 0 Å². The normalized spacial score (nSPS) is 15.3. The molecule has 0 saturated heterocycles. The van der Waals surface area contributed by atoms with E-state index >= 15 is 0 Å². The fourth-order valence-electron chi connectivity index (χ4n) is 4.56. The monoisotopic (exact) mass is 412 g/mol. The summed E-state index contributed by atoms with van der Waals surface area (Å²) in [5, 5.41) is 38.7. The molecule has 156 valence electrons. The van der Waals surface area contributed by atoms with Gasteiger partial charge in [0.05, 0.1) is 22.3 Å². The largest absolute Gasteiger partial charge is 0.478 e. The van der Waals surface area contributed by atoms with Crippen LogP contribution in [-0.4, -0.2) is 44.3 Å². The van der Waals surface area contributed by atoms with Crippen LogP contribution in [0.1, 0.15) is 84.7 Å². The second-order valence-electron chi connectivity index (χ2n) is 7.32. The molecule has 2 aromatic carbocycles. The molecule has 0 heterocycles. The quantitative estimate of drug-likeness (QED) is 0.561. The van der Waals surface area contributed by atoms with Gasteiger partial charge in [-0.25, -0.2) is 19.2 Å². The number of carboxylic acids is 4. The van der Waals surface area contributed by atoms with Crippen LogP contribution in [0.15, 0.2) is 36.4 Å². The highest BCUT2D eigenvalue weighted by molar-refractivity contribution is 6.05. The molecule has 0 aliphatic heterocycles. The van der Waals surface area contributed by atoms with Gasteiger partial charge in [-0.15, -0.1) is 0 Å². The van der Waals surface area contributed by atoms with Crippen molar-refractivity contribution in [3.05, 3.63) is 69.8 Å². The second-order valence-corrected chi connectivity index (χ2v) is 7.32. The van der Waals surface area contributed by atoms with Crippen molar-refractivity contribution in [2.75, 3.05) is 0 Å².